The van der Waals surface area contributed by atoms with Crippen molar-refractivity contribution in [1.82, 2.24) is 9.97 Å². The highest BCUT2D eigenvalue weighted by molar-refractivity contribution is 7.99. The van der Waals surface area contributed by atoms with Crippen LogP contribution in [0.2, 0.25) is 5.02 Å². The SMILES string of the molecule is Cc1cc(C)c2sc(N(Cc3cccnc3)C(=O)CCCSc3ccc(Cl)cc3)nc2c1. The molecule has 0 radical (unpaired) electrons. The van der Waals surface area contributed by atoms with E-state index in [1.165, 1.54) is 11.1 Å². The first kappa shape index (κ1) is 22.8. The van der Waals surface area contributed by atoms with Crippen molar-refractivity contribution < 1.29 is 4.79 Å². The number of thiazole rings is 1. The van der Waals surface area contributed by atoms with Crippen LogP contribution in [0.3, 0.4) is 0 Å². The van der Waals surface area contributed by atoms with E-state index in [1.54, 1.807) is 35.5 Å². The highest BCUT2D eigenvalue weighted by Gasteiger charge is 2.21. The van der Waals surface area contributed by atoms with Crippen LogP contribution in [-0.4, -0.2) is 21.6 Å². The minimum atomic E-state index is 0.0824. The maximum Gasteiger partial charge on any atom is 0.229 e. The molecule has 7 heteroatoms. The maximum absolute atomic E-state index is 13.3. The zero-order valence-electron chi connectivity index (χ0n) is 18.0. The van der Waals surface area contributed by atoms with E-state index in [0.29, 0.717) is 13.0 Å². The van der Waals surface area contributed by atoms with Crippen LogP contribution in [0.1, 0.15) is 29.5 Å². The van der Waals surface area contributed by atoms with Gasteiger partial charge in [-0.05, 0) is 79.1 Å². The summed E-state index contributed by atoms with van der Waals surface area (Å²) < 4.78 is 1.13. The molecule has 0 atom stereocenters. The minimum Gasteiger partial charge on any atom is -0.284 e. The zero-order valence-corrected chi connectivity index (χ0v) is 20.4. The summed E-state index contributed by atoms with van der Waals surface area (Å²) in [5, 5.41) is 1.48. The first-order valence-corrected chi connectivity index (χ1v) is 12.6. The lowest BCUT2D eigenvalue weighted by molar-refractivity contribution is -0.118. The third kappa shape index (κ3) is 5.68. The van der Waals surface area contributed by atoms with Gasteiger partial charge in [0.15, 0.2) is 5.13 Å². The monoisotopic (exact) mass is 481 g/mol. The first-order chi connectivity index (χ1) is 15.5. The molecular weight excluding hydrogens is 458 g/mol. The second-order valence-electron chi connectivity index (χ2n) is 7.67. The molecule has 2 aromatic heterocycles. The fourth-order valence-electron chi connectivity index (χ4n) is 3.50. The van der Waals surface area contributed by atoms with E-state index in [0.717, 1.165) is 43.0 Å². The Hall–Kier alpha value is -2.41. The number of pyridine rings is 1. The summed E-state index contributed by atoms with van der Waals surface area (Å²) in [4.78, 5) is 25.3. The predicted octanol–water partition coefficient (Wildman–Crippen LogP) is 7.07. The molecule has 2 aromatic carbocycles. The van der Waals surface area contributed by atoms with Gasteiger partial charge in [-0.25, -0.2) is 4.98 Å². The van der Waals surface area contributed by atoms with Gasteiger partial charge in [-0.15, -0.1) is 11.8 Å². The Morgan fingerprint density at radius 2 is 1.97 bits per heavy atom. The van der Waals surface area contributed by atoms with Crippen LogP contribution in [0.15, 0.2) is 65.8 Å². The molecule has 0 saturated heterocycles. The zero-order chi connectivity index (χ0) is 22.5. The van der Waals surface area contributed by atoms with Gasteiger partial charge in [0.2, 0.25) is 5.91 Å². The Bertz CT molecular complexity index is 1210. The topological polar surface area (TPSA) is 46.1 Å². The van der Waals surface area contributed by atoms with Gasteiger partial charge in [-0.1, -0.05) is 35.1 Å². The van der Waals surface area contributed by atoms with E-state index in [-0.39, 0.29) is 5.91 Å². The molecular formula is C25H24ClN3OS2. The van der Waals surface area contributed by atoms with Crippen LogP contribution >= 0.6 is 34.7 Å². The fourth-order valence-corrected chi connectivity index (χ4v) is 5.51. The summed E-state index contributed by atoms with van der Waals surface area (Å²) in [6.07, 6.45) is 4.81. The Morgan fingerprint density at radius 1 is 1.16 bits per heavy atom. The number of halogens is 1. The minimum absolute atomic E-state index is 0.0824. The number of rotatable bonds is 8. The van der Waals surface area contributed by atoms with Crippen LogP contribution in [0.25, 0.3) is 10.2 Å². The number of aryl methyl sites for hydroxylation is 2. The average molecular weight is 482 g/mol. The summed E-state index contributed by atoms with van der Waals surface area (Å²) in [6, 6.07) is 15.9. The molecule has 0 bridgehead atoms. The molecule has 1 amide bonds. The number of thioether (sulfide) groups is 1. The van der Waals surface area contributed by atoms with E-state index in [2.05, 4.69) is 31.0 Å². The standard InChI is InChI=1S/C25H24ClN3OS2/c1-17-13-18(2)24-22(14-17)28-25(32-24)29(16-19-5-3-11-27-15-19)23(30)6-4-12-31-21-9-7-20(26)8-10-21/h3,5,7-11,13-15H,4,6,12,16H2,1-2H3. The molecule has 0 unspecified atom stereocenters. The molecule has 2 heterocycles. The molecule has 0 saturated carbocycles. The van der Waals surface area contributed by atoms with Gasteiger partial charge >= 0.3 is 0 Å². The second-order valence-corrected chi connectivity index (χ2v) is 10.3. The second kappa shape index (κ2) is 10.5. The number of anilines is 1. The third-order valence-electron chi connectivity index (χ3n) is 5.02. The fraction of sp³-hybridized carbons (Fsp3) is 0.240. The van der Waals surface area contributed by atoms with Crippen molar-refractivity contribution in [2.75, 3.05) is 10.7 Å². The molecule has 32 heavy (non-hydrogen) atoms. The molecule has 164 valence electrons. The molecule has 4 nitrogen and oxygen atoms in total. The largest absolute Gasteiger partial charge is 0.284 e. The van der Waals surface area contributed by atoms with Gasteiger partial charge in [-0.2, -0.15) is 0 Å². The van der Waals surface area contributed by atoms with Gasteiger partial charge in [0.1, 0.15) is 0 Å². The van der Waals surface area contributed by atoms with Crippen molar-refractivity contribution in [2.45, 2.75) is 38.1 Å². The van der Waals surface area contributed by atoms with E-state index in [1.807, 2.05) is 41.3 Å². The van der Waals surface area contributed by atoms with Gasteiger partial charge in [0.05, 0.1) is 16.8 Å². The van der Waals surface area contributed by atoms with Gasteiger partial charge in [0, 0.05) is 28.7 Å². The van der Waals surface area contributed by atoms with Crippen LogP contribution in [0.5, 0.6) is 0 Å². The highest BCUT2D eigenvalue weighted by Crippen LogP contribution is 2.33. The molecule has 4 rings (SSSR count). The Morgan fingerprint density at radius 3 is 2.72 bits per heavy atom. The average Bonchev–Trinajstić information content (AvgIpc) is 3.21. The Labute approximate surface area is 201 Å². The van der Waals surface area contributed by atoms with Crippen molar-refractivity contribution in [3.8, 4) is 0 Å². The first-order valence-electron chi connectivity index (χ1n) is 10.4. The summed E-state index contributed by atoms with van der Waals surface area (Å²) in [6.45, 7) is 4.63. The van der Waals surface area contributed by atoms with Gasteiger partial charge in [0.25, 0.3) is 0 Å². The van der Waals surface area contributed by atoms with E-state index in [4.69, 9.17) is 16.6 Å². The van der Waals surface area contributed by atoms with E-state index < -0.39 is 0 Å². The van der Waals surface area contributed by atoms with Gasteiger partial charge in [-0.3, -0.25) is 14.7 Å². The number of carbonyl (C=O) groups is 1. The lowest BCUT2D eigenvalue weighted by Crippen LogP contribution is -2.30. The summed E-state index contributed by atoms with van der Waals surface area (Å²) in [7, 11) is 0. The van der Waals surface area contributed by atoms with Crippen molar-refractivity contribution in [1.29, 1.82) is 0 Å². The third-order valence-corrected chi connectivity index (χ3v) is 7.60. The quantitative estimate of drug-likeness (QED) is 0.199. The van der Waals surface area contributed by atoms with Crippen LogP contribution in [0, 0.1) is 13.8 Å². The van der Waals surface area contributed by atoms with Crippen molar-refractivity contribution in [2.24, 2.45) is 0 Å². The molecule has 0 fully saturated rings. The summed E-state index contributed by atoms with van der Waals surface area (Å²) >= 11 is 9.27. The number of hydrogen-bond donors (Lipinski definition) is 0. The highest BCUT2D eigenvalue weighted by atomic mass is 35.5. The normalized spacial score (nSPS) is 11.1. The number of amides is 1. The molecule has 0 aliphatic rings. The Balaban J connectivity index is 1.49. The summed E-state index contributed by atoms with van der Waals surface area (Å²) in [5.74, 6) is 0.950. The molecule has 0 aliphatic carbocycles. The van der Waals surface area contributed by atoms with Crippen LogP contribution in [0.4, 0.5) is 5.13 Å². The molecule has 0 N–H and O–H groups in total. The predicted molar refractivity (Wildman–Crippen MR) is 136 cm³/mol. The Kier molecular flexibility index (Phi) is 7.45. The number of carbonyl (C=O) groups excluding carboxylic acids is 1. The van der Waals surface area contributed by atoms with Crippen LogP contribution in [-0.2, 0) is 11.3 Å². The number of fused-ring (bicyclic) bond motifs is 1. The number of hydrogen-bond acceptors (Lipinski definition) is 5. The number of aromatic nitrogens is 2. The van der Waals surface area contributed by atoms with E-state index in [9.17, 15) is 4.79 Å². The van der Waals surface area contributed by atoms with Crippen LogP contribution < -0.4 is 4.90 Å². The van der Waals surface area contributed by atoms with Crippen molar-refractivity contribution >= 4 is 56.0 Å². The lowest BCUT2D eigenvalue weighted by Gasteiger charge is -2.20. The summed E-state index contributed by atoms with van der Waals surface area (Å²) in [5.41, 5.74) is 4.31. The molecule has 4 aromatic rings. The van der Waals surface area contributed by atoms with Crippen molar-refractivity contribution in [3.63, 3.8) is 0 Å². The maximum atomic E-state index is 13.3. The number of benzene rings is 2. The molecule has 0 aliphatic heterocycles. The van der Waals surface area contributed by atoms with Gasteiger partial charge < -0.3 is 0 Å². The smallest absolute Gasteiger partial charge is 0.229 e. The lowest BCUT2D eigenvalue weighted by atomic mass is 10.1. The van der Waals surface area contributed by atoms with E-state index >= 15 is 0 Å². The number of nitrogens with zero attached hydrogens (tertiary/aromatic N) is 3. The molecule has 0 spiro atoms. The van der Waals surface area contributed by atoms with Crippen molar-refractivity contribution in [3.05, 3.63) is 82.6 Å².